The molecule has 1 heterocycles. The van der Waals surface area contributed by atoms with E-state index in [1.165, 1.54) is 20.1 Å². The molecular weight excluding hydrogens is 406 g/mol. The van der Waals surface area contributed by atoms with Gasteiger partial charge < -0.3 is 19.5 Å². The Morgan fingerprint density at radius 1 is 1.25 bits per heavy atom. The molecule has 9 heteroatoms. The number of hydrogen-bond acceptors (Lipinski definition) is 6. The lowest BCUT2D eigenvalue weighted by atomic mass is 10.2. The molecule has 1 aliphatic rings. The molecule has 0 radical (unpaired) electrons. The van der Waals surface area contributed by atoms with Crippen LogP contribution in [0.3, 0.4) is 0 Å². The molecule has 1 amide bonds. The quantitative estimate of drug-likeness (QED) is 0.764. The Morgan fingerprint density at radius 2 is 1.96 bits per heavy atom. The van der Waals surface area contributed by atoms with Gasteiger partial charge in [0.25, 0.3) is 0 Å². The molecule has 0 aliphatic carbocycles. The molecule has 0 saturated heterocycles. The Kier molecular flexibility index (Phi) is 6.00. The second-order valence-corrected chi connectivity index (χ2v) is 8.97. The lowest BCUT2D eigenvalue weighted by Crippen LogP contribution is -2.33. The topological polar surface area (TPSA) is 90.9 Å². The van der Waals surface area contributed by atoms with E-state index in [9.17, 15) is 13.2 Å². The fourth-order valence-corrected chi connectivity index (χ4v) is 4.30. The molecule has 2 aromatic rings. The lowest BCUT2D eigenvalue weighted by Gasteiger charge is -2.20. The van der Waals surface area contributed by atoms with Crippen LogP contribution in [0.2, 0.25) is 5.02 Å². The summed E-state index contributed by atoms with van der Waals surface area (Å²) < 4.78 is 41.6. The molecule has 3 rings (SSSR count). The van der Waals surface area contributed by atoms with Crippen molar-refractivity contribution in [2.75, 3.05) is 25.6 Å². The van der Waals surface area contributed by atoms with Crippen LogP contribution in [0.1, 0.15) is 12.5 Å². The van der Waals surface area contributed by atoms with Gasteiger partial charge in [0.1, 0.15) is 24.2 Å². The average molecular weight is 426 g/mol. The Hall–Kier alpha value is -2.45. The van der Waals surface area contributed by atoms with Crippen molar-refractivity contribution < 1.29 is 27.4 Å². The normalized spacial score (nSPS) is 14.2. The summed E-state index contributed by atoms with van der Waals surface area (Å²) in [4.78, 5) is 12.5. The predicted octanol–water partition coefficient (Wildman–Crippen LogP) is 3.06. The maximum absolute atomic E-state index is 12.8. The maximum atomic E-state index is 12.8. The third-order valence-electron chi connectivity index (χ3n) is 4.30. The fraction of sp³-hybridized carbons (Fsp3) is 0.316. The molecule has 0 fully saturated rings. The molecule has 28 heavy (non-hydrogen) atoms. The standard InChI is InChI=1S/C19H20ClNO6S/c1-12(19(22)21-15-5-3-4-6-16(15)25-2)28(23,24)11-13-9-14(20)18-17(10-13)26-7-8-27-18/h3-6,9-10,12H,7-8,11H2,1-2H3,(H,21,22)/t12-/m1/s1. The first-order valence-corrected chi connectivity index (χ1v) is 10.6. The van der Waals surface area contributed by atoms with Crippen LogP contribution in [-0.2, 0) is 20.4 Å². The van der Waals surface area contributed by atoms with Gasteiger partial charge in [-0.1, -0.05) is 23.7 Å². The largest absolute Gasteiger partial charge is 0.495 e. The highest BCUT2D eigenvalue weighted by atomic mass is 35.5. The van der Waals surface area contributed by atoms with Gasteiger partial charge in [0.15, 0.2) is 21.3 Å². The molecule has 0 spiro atoms. The van der Waals surface area contributed by atoms with Crippen molar-refractivity contribution in [3.8, 4) is 17.2 Å². The number of rotatable bonds is 6. The molecule has 1 aliphatic heterocycles. The molecule has 0 bridgehead atoms. The van der Waals surface area contributed by atoms with Gasteiger partial charge >= 0.3 is 0 Å². The molecule has 0 saturated carbocycles. The highest BCUT2D eigenvalue weighted by Gasteiger charge is 2.30. The van der Waals surface area contributed by atoms with Crippen LogP contribution in [-0.4, -0.2) is 39.9 Å². The van der Waals surface area contributed by atoms with Crippen LogP contribution in [0.15, 0.2) is 36.4 Å². The van der Waals surface area contributed by atoms with Crippen molar-refractivity contribution in [2.45, 2.75) is 17.9 Å². The van der Waals surface area contributed by atoms with Crippen LogP contribution in [0, 0.1) is 0 Å². The number of hydrogen-bond donors (Lipinski definition) is 1. The molecule has 2 aromatic carbocycles. The van der Waals surface area contributed by atoms with E-state index in [-0.39, 0.29) is 10.8 Å². The first kappa shape index (κ1) is 20.3. The zero-order valence-electron chi connectivity index (χ0n) is 15.4. The summed E-state index contributed by atoms with van der Waals surface area (Å²) in [5.74, 6) is 0.238. The maximum Gasteiger partial charge on any atom is 0.242 e. The second kappa shape index (κ2) is 8.28. The summed E-state index contributed by atoms with van der Waals surface area (Å²) in [6.45, 7) is 2.08. The Morgan fingerprint density at radius 3 is 2.71 bits per heavy atom. The number of benzene rings is 2. The predicted molar refractivity (Wildman–Crippen MR) is 106 cm³/mol. The van der Waals surface area contributed by atoms with Gasteiger partial charge in [0.05, 0.1) is 23.6 Å². The lowest BCUT2D eigenvalue weighted by molar-refractivity contribution is -0.115. The molecule has 1 N–H and O–H groups in total. The summed E-state index contributed by atoms with van der Waals surface area (Å²) in [6.07, 6.45) is 0. The fourth-order valence-electron chi connectivity index (χ4n) is 2.75. The highest BCUT2D eigenvalue weighted by molar-refractivity contribution is 7.92. The van der Waals surface area contributed by atoms with Crippen molar-refractivity contribution in [3.05, 3.63) is 47.0 Å². The number of fused-ring (bicyclic) bond motifs is 1. The minimum Gasteiger partial charge on any atom is -0.495 e. The van der Waals surface area contributed by atoms with Crippen LogP contribution < -0.4 is 19.5 Å². The minimum absolute atomic E-state index is 0.272. The van der Waals surface area contributed by atoms with Crippen molar-refractivity contribution in [1.29, 1.82) is 0 Å². The van der Waals surface area contributed by atoms with E-state index in [0.717, 1.165) is 0 Å². The number of sulfone groups is 1. The smallest absolute Gasteiger partial charge is 0.242 e. The molecule has 150 valence electrons. The molecule has 1 atom stereocenters. The van der Waals surface area contributed by atoms with Gasteiger partial charge in [0.2, 0.25) is 5.91 Å². The monoisotopic (exact) mass is 425 g/mol. The Balaban J connectivity index is 1.77. The SMILES string of the molecule is COc1ccccc1NC(=O)[C@@H](C)S(=O)(=O)Cc1cc(Cl)c2c(c1)OCCO2. The summed E-state index contributed by atoms with van der Waals surface area (Å²) >= 11 is 6.17. The Bertz CT molecular complexity index is 992. The Labute approximate surface area is 168 Å². The molecule has 0 unspecified atom stereocenters. The first-order valence-electron chi connectivity index (χ1n) is 8.55. The van der Waals surface area contributed by atoms with Gasteiger partial charge in [0, 0.05) is 0 Å². The average Bonchev–Trinajstić information content (AvgIpc) is 2.67. The van der Waals surface area contributed by atoms with Crippen LogP contribution in [0.5, 0.6) is 17.2 Å². The number of halogens is 1. The van der Waals surface area contributed by atoms with E-state index >= 15 is 0 Å². The number of amides is 1. The van der Waals surface area contributed by atoms with Crippen molar-refractivity contribution in [3.63, 3.8) is 0 Å². The van der Waals surface area contributed by atoms with E-state index in [2.05, 4.69) is 5.32 Å². The minimum atomic E-state index is -3.80. The van der Waals surface area contributed by atoms with Gasteiger partial charge in [-0.05, 0) is 36.8 Å². The summed E-state index contributed by atoms with van der Waals surface area (Å²) in [5.41, 5.74) is 0.825. The van der Waals surface area contributed by atoms with E-state index in [4.69, 9.17) is 25.8 Å². The third-order valence-corrected chi connectivity index (χ3v) is 6.61. The van der Waals surface area contributed by atoms with Crippen LogP contribution in [0.4, 0.5) is 5.69 Å². The molecule has 7 nitrogen and oxygen atoms in total. The number of para-hydroxylation sites is 2. The molecular formula is C19H20ClNO6S. The van der Waals surface area contributed by atoms with Gasteiger partial charge in [-0.25, -0.2) is 8.42 Å². The van der Waals surface area contributed by atoms with Gasteiger partial charge in [-0.15, -0.1) is 0 Å². The number of nitrogens with one attached hydrogen (secondary N) is 1. The first-order chi connectivity index (χ1) is 13.3. The zero-order chi connectivity index (χ0) is 20.3. The van der Waals surface area contributed by atoms with Gasteiger partial charge in [-0.2, -0.15) is 0 Å². The molecule has 0 aromatic heterocycles. The van der Waals surface area contributed by atoms with E-state index in [0.29, 0.717) is 41.7 Å². The zero-order valence-corrected chi connectivity index (χ0v) is 17.0. The van der Waals surface area contributed by atoms with Crippen LogP contribution >= 0.6 is 11.6 Å². The van der Waals surface area contributed by atoms with Crippen LogP contribution in [0.25, 0.3) is 0 Å². The number of ether oxygens (including phenoxy) is 3. The number of anilines is 1. The second-order valence-electron chi connectivity index (χ2n) is 6.24. The summed E-state index contributed by atoms with van der Waals surface area (Å²) in [7, 11) is -2.33. The van der Waals surface area contributed by atoms with E-state index < -0.39 is 21.0 Å². The third kappa shape index (κ3) is 4.34. The van der Waals surface area contributed by atoms with Gasteiger partial charge in [-0.3, -0.25) is 4.79 Å². The number of carbonyl (C=O) groups is 1. The van der Waals surface area contributed by atoms with Crippen molar-refractivity contribution >= 4 is 33.0 Å². The summed E-state index contributed by atoms with van der Waals surface area (Å²) in [5, 5.41) is 1.60. The summed E-state index contributed by atoms with van der Waals surface area (Å²) in [6, 6.07) is 9.86. The van der Waals surface area contributed by atoms with Crippen molar-refractivity contribution in [2.24, 2.45) is 0 Å². The van der Waals surface area contributed by atoms with E-state index in [1.54, 1.807) is 30.3 Å². The van der Waals surface area contributed by atoms with E-state index in [1.807, 2.05) is 0 Å². The number of carbonyl (C=O) groups excluding carboxylic acids is 1. The highest BCUT2D eigenvalue weighted by Crippen LogP contribution is 2.39. The number of methoxy groups -OCH3 is 1. The van der Waals surface area contributed by atoms with Crippen molar-refractivity contribution in [1.82, 2.24) is 0 Å².